The molecule has 1 aromatic heterocycles. The second-order valence-corrected chi connectivity index (χ2v) is 6.92. The first kappa shape index (κ1) is 20.6. The van der Waals surface area contributed by atoms with Gasteiger partial charge in [-0.3, -0.25) is 9.59 Å². The van der Waals surface area contributed by atoms with Crippen molar-refractivity contribution in [3.8, 4) is 0 Å². The Kier molecular flexibility index (Phi) is 5.72. The molecule has 0 saturated heterocycles. The summed E-state index contributed by atoms with van der Waals surface area (Å²) in [4.78, 5) is 34.9. The number of aliphatic carboxylic acids is 1. The van der Waals surface area contributed by atoms with Crippen LogP contribution in [0.1, 0.15) is 11.1 Å². The van der Waals surface area contributed by atoms with Crippen molar-refractivity contribution in [1.82, 2.24) is 4.57 Å². The number of hydrogen-bond donors (Lipinski definition) is 2. The van der Waals surface area contributed by atoms with Crippen molar-refractivity contribution in [2.45, 2.75) is 6.54 Å². The van der Waals surface area contributed by atoms with Gasteiger partial charge in [-0.05, 0) is 29.8 Å². The van der Waals surface area contributed by atoms with E-state index in [9.17, 15) is 23.9 Å². The highest BCUT2D eigenvalue weighted by Gasteiger charge is 2.17. The largest absolute Gasteiger partial charge is 0.507 e. The molecular weight excluding hydrogens is 424 g/mol. The third kappa shape index (κ3) is 4.31. The summed E-state index contributed by atoms with van der Waals surface area (Å²) < 4.78 is 14.7. The van der Waals surface area contributed by atoms with E-state index in [1.165, 1.54) is 30.5 Å². The molecule has 0 saturated carbocycles. The molecule has 3 aromatic rings. The van der Waals surface area contributed by atoms with Gasteiger partial charge in [0.1, 0.15) is 11.6 Å². The molecule has 2 aromatic carbocycles. The van der Waals surface area contributed by atoms with Gasteiger partial charge in [-0.15, -0.1) is 0 Å². The molecular formula is C20H12Cl2FNO5. The van der Waals surface area contributed by atoms with Gasteiger partial charge in [0, 0.05) is 24.2 Å². The fourth-order valence-corrected chi connectivity index (χ4v) is 3.07. The van der Waals surface area contributed by atoms with Crippen molar-refractivity contribution in [3.05, 3.63) is 85.9 Å². The van der Waals surface area contributed by atoms with Crippen LogP contribution in [0, 0.1) is 5.82 Å². The predicted molar refractivity (Wildman–Crippen MR) is 107 cm³/mol. The number of hydrogen-bond acceptors (Lipinski definition) is 4. The average Bonchev–Trinajstić information content (AvgIpc) is 2.67. The number of carboxylic acids is 1. The Bertz CT molecular complexity index is 1230. The van der Waals surface area contributed by atoms with Crippen molar-refractivity contribution in [2.24, 2.45) is 0 Å². The summed E-state index contributed by atoms with van der Waals surface area (Å²) in [5, 5.41) is 19.3. The van der Waals surface area contributed by atoms with Crippen LogP contribution in [-0.2, 0) is 16.1 Å². The summed E-state index contributed by atoms with van der Waals surface area (Å²) in [6.45, 7) is 0.169. The van der Waals surface area contributed by atoms with E-state index in [4.69, 9.17) is 28.3 Å². The first-order chi connectivity index (χ1) is 13.7. The number of benzene rings is 2. The van der Waals surface area contributed by atoms with E-state index >= 15 is 0 Å². The molecule has 0 radical (unpaired) electrons. The average molecular weight is 436 g/mol. The van der Waals surface area contributed by atoms with Crippen molar-refractivity contribution >= 4 is 51.6 Å². The molecule has 3 rings (SSSR count). The van der Waals surface area contributed by atoms with Crippen molar-refractivity contribution in [1.29, 1.82) is 0 Å². The molecule has 0 spiro atoms. The molecule has 2 N–H and O–H groups in total. The maximum absolute atomic E-state index is 13.2. The molecule has 0 bridgehead atoms. The molecule has 0 amide bonds. The van der Waals surface area contributed by atoms with Crippen LogP contribution in [0.4, 0.5) is 4.39 Å². The SMILES string of the molecule is O=C(O)C(=O)C=C(O)c1cn(Cc2ccc(F)cc2)c2cc(Cl)c(Cl)cc2c1=O. The van der Waals surface area contributed by atoms with Crippen LogP contribution in [0.5, 0.6) is 0 Å². The van der Waals surface area contributed by atoms with E-state index in [1.807, 2.05) is 0 Å². The molecule has 6 nitrogen and oxygen atoms in total. The van der Waals surface area contributed by atoms with Crippen molar-refractivity contribution in [3.63, 3.8) is 0 Å². The van der Waals surface area contributed by atoms with Gasteiger partial charge >= 0.3 is 5.97 Å². The van der Waals surface area contributed by atoms with Crippen LogP contribution in [0.25, 0.3) is 16.7 Å². The molecule has 0 unspecified atom stereocenters. The van der Waals surface area contributed by atoms with Gasteiger partial charge in [0.05, 0.1) is 21.1 Å². The Labute approximate surface area is 173 Å². The third-order valence-corrected chi connectivity index (χ3v) is 4.87. The van der Waals surface area contributed by atoms with Crippen LogP contribution in [-0.4, -0.2) is 26.5 Å². The van der Waals surface area contributed by atoms with Gasteiger partial charge in [-0.1, -0.05) is 35.3 Å². The number of rotatable bonds is 5. The Morgan fingerprint density at radius 2 is 1.69 bits per heavy atom. The van der Waals surface area contributed by atoms with E-state index < -0.39 is 28.8 Å². The number of nitrogens with zero attached hydrogens (tertiary/aromatic N) is 1. The highest BCUT2D eigenvalue weighted by molar-refractivity contribution is 6.42. The van der Waals surface area contributed by atoms with Crippen LogP contribution in [0.15, 0.2) is 53.5 Å². The first-order valence-corrected chi connectivity index (χ1v) is 8.88. The number of aliphatic hydroxyl groups is 1. The lowest BCUT2D eigenvalue weighted by Gasteiger charge is -2.14. The molecule has 0 atom stereocenters. The minimum Gasteiger partial charge on any atom is -0.507 e. The second kappa shape index (κ2) is 8.06. The normalized spacial score (nSPS) is 11.6. The topological polar surface area (TPSA) is 96.6 Å². The minimum atomic E-state index is -1.78. The number of ketones is 1. The maximum atomic E-state index is 13.2. The molecule has 9 heteroatoms. The van der Waals surface area contributed by atoms with Gasteiger partial charge in [-0.2, -0.15) is 0 Å². The number of fused-ring (bicyclic) bond motifs is 1. The summed E-state index contributed by atoms with van der Waals surface area (Å²) in [6, 6.07) is 8.41. The lowest BCUT2D eigenvalue weighted by molar-refractivity contribution is -0.146. The quantitative estimate of drug-likeness (QED) is 0.358. The zero-order valence-electron chi connectivity index (χ0n) is 14.5. The summed E-state index contributed by atoms with van der Waals surface area (Å²) in [5.74, 6) is -4.38. The predicted octanol–water partition coefficient (Wildman–Crippen LogP) is 4.05. The molecule has 0 aliphatic rings. The fraction of sp³-hybridized carbons (Fsp3) is 0.0500. The standard InChI is InChI=1S/C20H12Cl2FNO5/c21-14-5-12-16(6-15(14)22)24(8-10-1-3-11(23)4-2-10)9-13(19(12)27)17(25)7-18(26)20(28)29/h1-7,9,25H,8H2,(H,28,29). The van der Waals surface area contributed by atoms with E-state index in [1.54, 1.807) is 16.7 Å². The Balaban J connectivity index is 2.25. The van der Waals surface area contributed by atoms with E-state index in [-0.39, 0.29) is 27.5 Å². The van der Waals surface area contributed by atoms with Crippen LogP contribution < -0.4 is 5.43 Å². The Morgan fingerprint density at radius 1 is 1.07 bits per heavy atom. The minimum absolute atomic E-state index is 0.0988. The number of carboxylic acid groups (broad SMARTS) is 1. The monoisotopic (exact) mass is 435 g/mol. The van der Waals surface area contributed by atoms with Gasteiger partial charge < -0.3 is 14.8 Å². The Hall–Kier alpha value is -3.16. The molecule has 0 aliphatic heterocycles. The van der Waals surface area contributed by atoms with Gasteiger partial charge in [-0.25, -0.2) is 9.18 Å². The summed E-state index contributed by atoms with van der Waals surface area (Å²) >= 11 is 12.1. The first-order valence-electron chi connectivity index (χ1n) is 8.12. The molecule has 29 heavy (non-hydrogen) atoms. The fourth-order valence-electron chi connectivity index (χ4n) is 2.75. The third-order valence-electron chi connectivity index (χ3n) is 4.14. The van der Waals surface area contributed by atoms with E-state index in [0.29, 0.717) is 17.2 Å². The van der Waals surface area contributed by atoms with Crippen LogP contribution in [0.3, 0.4) is 0 Å². The maximum Gasteiger partial charge on any atom is 0.376 e. The lowest BCUT2D eigenvalue weighted by Crippen LogP contribution is -2.17. The van der Waals surface area contributed by atoms with Crippen LogP contribution in [0.2, 0.25) is 10.0 Å². The highest BCUT2D eigenvalue weighted by atomic mass is 35.5. The smallest absolute Gasteiger partial charge is 0.376 e. The number of carbonyl (C=O) groups excluding carboxylic acids is 1. The molecule has 1 heterocycles. The van der Waals surface area contributed by atoms with E-state index in [2.05, 4.69) is 0 Å². The zero-order chi connectivity index (χ0) is 21.3. The van der Waals surface area contributed by atoms with Gasteiger partial charge in [0.25, 0.3) is 5.78 Å². The van der Waals surface area contributed by atoms with Crippen molar-refractivity contribution < 1.29 is 24.2 Å². The summed E-state index contributed by atoms with van der Waals surface area (Å²) in [5.41, 5.74) is 0.0988. The summed E-state index contributed by atoms with van der Waals surface area (Å²) in [7, 11) is 0. The number of halogens is 3. The van der Waals surface area contributed by atoms with Gasteiger partial charge in [0.2, 0.25) is 0 Å². The van der Waals surface area contributed by atoms with Crippen molar-refractivity contribution in [2.75, 3.05) is 0 Å². The van der Waals surface area contributed by atoms with Gasteiger partial charge in [0.15, 0.2) is 5.43 Å². The number of aromatic nitrogens is 1. The second-order valence-electron chi connectivity index (χ2n) is 6.11. The lowest BCUT2D eigenvalue weighted by atomic mass is 10.1. The Morgan fingerprint density at radius 3 is 2.31 bits per heavy atom. The molecule has 0 aliphatic carbocycles. The van der Waals surface area contributed by atoms with Crippen LogP contribution >= 0.6 is 23.2 Å². The van der Waals surface area contributed by atoms with E-state index in [0.717, 1.165) is 0 Å². The molecule has 148 valence electrons. The highest BCUT2D eigenvalue weighted by Crippen LogP contribution is 2.28. The number of carbonyl (C=O) groups is 2. The number of pyridine rings is 1. The zero-order valence-corrected chi connectivity index (χ0v) is 16.0. The summed E-state index contributed by atoms with van der Waals surface area (Å²) in [6.07, 6.45) is 1.71. The number of aliphatic hydroxyl groups excluding tert-OH is 1. The molecule has 0 fully saturated rings.